The van der Waals surface area contributed by atoms with Crippen LogP contribution in [0.5, 0.6) is 11.6 Å². The number of ether oxygens (including phenoxy) is 1. The second-order valence-electron chi connectivity index (χ2n) is 9.53. The molecule has 0 aliphatic rings. The Balaban J connectivity index is 1.63. The van der Waals surface area contributed by atoms with Crippen LogP contribution < -0.4 is 20.3 Å². The number of anilines is 3. The number of alkyl halides is 3. The predicted octanol–water partition coefficient (Wildman–Crippen LogP) is 5.54. The third kappa shape index (κ3) is 7.55. The molecule has 4 aromatic rings. The number of aliphatic hydroxyl groups is 1. The maximum atomic E-state index is 13.6. The van der Waals surface area contributed by atoms with E-state index in [1.54, 1.807) is 43.4 Å². The van der Waals surface area contributed by atoms with E-state index in [2.05, 4.69) is 30.6 Å². The number of nitrogens with one attached hydrogen (secondary N) is 2. The average Bonchev–Trinajstić information content (AvgIpc) is 2.97. The summed E-state index contributed by atoms with van der Waals surface area (Å²) >= 11 is 6.41. The summed E-state index contributed by atoms with van der Waals surface area (Å²) < 4.78 is 46.8. The quantitative estimate of drug-likeness (QED) is 0.189. The van der Waals surface area contributed by atoms with Gasteiger partial charge in [-0.15, -0.1) is 0 Å². The lowest BCUT2D eigenvalue weighted by molar-refractivity contribution is -0.137. The number of likely N-dealkylation sites (N-methyl/N-ethyl adjacent to an activating group) is 2. The molecule has 2 aromatic carbocycles. The number of hydrogen-bond donors (Lipinski definition) is 3. The first-order chi connectivity index (χ1) is 20.0. The fourth-order valence-electron chi connectivity index (χ4n) is 3.97. The zero-order valence-electron chi connectivity index (χ0n) is 23.3. The highest BCUT2D eigenvalue weighted by molar-refractivity contribution is 6.33. The van der Waals surface area contributed by atoms with E-state index in [1.807, 2.05) is 19.0 Å². The van der Waals surface area contributed by atoms with Crippen molar-refractivity contribution in [3.05, 3.63) is 77.2 Å². The van der Waals surface area contributed by atoms with E-state index >= 15 is 0 Å². The molecule has 0 saturated heterocycles. The summed E-state index contributed by atoms with van der Waals surface area (Å²) in [6, 6.07) is 11.4. The molecule has 0 saturated carbocycles. The Hall–Kier alpha value is -4.20. The Kier molecular flexibility index (Phi) is 9.66. The lowest BCUT2D eigenvalue weighted by Crippen LogP contribution is -2.30. The van der Waals surface area contributed by atoms with Crippen LogP contribution in [0.2, 0.25) is 5.02 Å². The molecule has 0 radical (unpaired) electrons. The van der Waals surface area contributed by atoms with Gasteiger partial charge in [0.05, 0.1) is 21.8 Å². The van der Waals surface area contributed by atoms with Crippen molar-refractivity contribution in [2.75, 3.05) is 56.8 Å². The summed E-state index contributed by atoms with van der Waals surface area (Å²) in [6.45, 7) is 1.17. The Labute approximate surface area is 246 Å². The van der Waals surface area contributed by atoms with E-state index in [9.17, 15) is 18.3 Å². The van der Waals surface area contributed by atoms with Crippen molar-refractivity contribution in [3.63, 3.8) is 0 Å². The van der Waals surface area contributed by atoms with Gasteiger partial charge < -0.3 is 30.3 Å². The molecule has 1 unspecified atom stereocenters. The first-order valence-corrected chi connectivity index (χ1v) is 13.1. The van der Waals surface area contributed by atoms with E-state index in [0.717, 1.165) is 12.1 Å². The van der Waals surface area contributed by atoms with Gasteiger partial charge in [-0.3, -0.25) is 0 Å². The van der Waals surface area contributed by atoms with Crippen molar-refractivity contribution in [2.45, 2.75) is 12.4 Å². The molecule has 0 fully saturated rings. The van der Waals surface area contributed by atoms with Crippen molar-refractivity contribution in [2.24, 2.45) is 0 Å². The maximum Gasteiger partial charge on any atom is 0.416 e. The molecule has 0 bridgehead atoms. The maximum absolute atomic E-state index is 13.6. The van der Waals surface area contributed by atoms with E-state index in [0.29, 0.717) is 41.9 Å². The van der Waals surface area contributed by atoms with Gasteiger partial charge in [-0.05, 0) is 56.6 Å². The Morgan fingerprint density at radius 3 is 2.52 bits per heavy atom. The van der Waals surface area contributed by atoms with Gasteiger partial charge in [0.1, 0.15) is 12.1 Å². The highest BCUT2D eigenvalue weighted by Crippen LogP contribution is 2.38. The van der Waals surface area contributed by atoms with E-state index < -0.39 is 18.0 Å². The minimum Gasteiger partial charge on any atom is -0.438 e. The van der Waals surface area contributed by atoms with Crippen LogP contribution >= 0.6 is 11.6 Å². The summed E-state index contributed by atoms with van der Waals surface area (Å²) in [4.78, 5) is 20.6. The summed E-state index contributed by atoms with van der Waals surface area (Å²) in [7, 11) is 7.22. The number of hydrogen-bond acceptors (Lipinski definition) is 10. The van der Waals surface area contributed by atoms with Gasteiger partial charge >= 0.3 is 6.18 Å². The normalized spacial score (nSPS) is 12.2. The minimum atomic E-state index is -4.59. The van der Waals surface area contributed by atoms with Crippen molar-refractivity contribution < 1.29 is 23.0 Å². The summed E-state index contributed by atoms with van der Waals surface area (Å²) in [5.74, 6) is 1.19. The second kappa shape index (κ2) is 13.2. The van der Waals surface area contributed by atoms with Crippen molar-refractivity contribution in [1.82, 2.24) is 24.8 Å². The molecule has 222 valence electrons. The van der Waals surface area contributed by atoms with E-state index in [4.69, 9.17) is 16.3 Å². The van der Waals surface area contributed by atoms with Crippen molar-refractivity contribution in [3.8, 4) is 23.0 Å². The Morgan fingerprint density at radius 2 is 1.81 bits per heavy atom. The molecular formula is C28H30ClF3N8O2. The first-order valence-electron chi connectivity index (χ1n) is 12.8. The van der Waals surface area contributed by atoms with E-state index in [1.165, 1.54) is 24.5 Å². The number of aliphatic hydroxyl groups excluding tert-OH is 1. The largest absolute Gasteiger partial charge is 0.438 e. The Morgan fingerprint density at radius 1 is 1.02 bits per heavy atom. The highest BCUT2D eigenvalue weighted by atomic mass is 35.5. The molecule has 4 rings (SSSR count). The lowest BCUT2D eigenvalue weighted by Gasteiger charge is -2.27. The molecule has 2 aromatic heterocycles. The van der Waals surface area contributed by atoms with Crippen LogP contribution in [-0.4, -0.2) is 71.2 Å². The molecular weight excluding hydrogens is 573 g/mol. The second-order valence-corrected chi connectivity index (χ2v) is 9.93. The summed E-state index contributed by atoms with van der Waals surface area (Å²) in [6.07, 6.45) is -3.23. The lowest BCUT2D eigenvalue weighted by atomic mass is 10.1. The first kappa shape index (κ1) is 30.8. The van der Waals surface area contributed by atoms with Gasteiger partial charge in [0.25, 0.3) is 0 Å². The van der Waals surface area contributed by atoms with Crippen LogP contribution in [-0.2, 0) is 6.18 Å². The van der Waals surface area contributed by atoms with Gasteiger partial charge in [-0.25, -0.2) is 15.0 Å². The van der Waals surface area contributed by atoms with Gasteiger partial charge in [0.15, 0.2) is 12.1 Å². The van der Waals surface area contributed by atoms with Crippen LogP contribution in [0.25, 0.3) is 11.4 Å². The van der Waals surface area contributed by atoms with Crippen molar-refractivity contribution >= 4 is 28.9 Å². The topological polar surface area (TPSA) is 112 Å². The predicted molar refractivity (Wildman–Crippen MR) is 156 cm³/mol. The van der Waals surface area contributed by atoms with Crippen LogP contribution in [0, 0.1) is 0 Å². The minimum absolute atomic E-state index is 0.0376. The molecule has 1 atom stereocenters. The molecule has 14 heteroatoms. The number of pyridine rings is 1. The zero-order valence-corrected chi connectivity index (χ0v) is 24.1. The molecule has 42 heavy (non-hydrogen) atoms. The van der Waals surface area contributed by atoms with E-state index in [-0.39, 0.29) is 22.2 Å². The number of benzene rings is 2. The SMILES string of the molecule is CNc1ncnc(-c2cccnc2Oc2ccc(Cl)c(NC(O)c3cc(C(F)(F)F)ccc3N(C)CCN(C)C)c2)n1. The molecule has 10 nitrogen and oxygen atoms in total. The summed E-state index contributed by atoms with van der Waals surface area (Å²) in [5.41, 5.74) is 0.320. The van der Waals surface area contributed by atoms with Crippen LogP contribution in [0.15, 0.2) is 61.1 Å². The van der Waals surface area contributed by atoms with Gasteiger partial charge in [0, 0.05) is 50.7 Å². The number of aromatic nitrogens is 4. The van der Waals surface area contributed by atoms with Gasteiger partial charge in [-0.2, -0.15) is 18.2 Å². The molecule has 0 aliphatic carbocycles. The molecule has 0 amide bonds. The van der Waals surface area contributed by atoms with Gasteiger partial charge in [0.2, 0.25) is 11.8 Å². The highest BCUT2D eigenvalue weighted by Gasteiger charge is 2.32. The number of rotatable bonds is 11. The van der Waals surface area contributed by atoms with Crippen LogP contribution in [0.1, 0.15) is 17.4 Å². The Bertz CT molecular complexity index is 1520. The zero-order chi connectivity index (χ0) is 30.4. The van der Waals surface area contributed by atoms with Crippen LogP contribution in [0.3, 0.4) is 0 Å². The third-order valence-corrected chi connectivity index (χ3v) is 6.52. The fraction of sp³-hybridized carbons (Fsp3) is 0.286. The molecule has 0 aliphatic heterocycles. The van der Waals surface area contributed by atoms with Crippen LogP contribution in [0.4, 0.5) is 30.5 Å². The smallest absolute Gasteiger partial charge is 0.416 e. The number of nitrogens with zero attached hydrogens (tertiary/aromatic N) is 6. The summed E-state index contributed by atoms with van der Waals surface area (Å²) in [5, 5.41) is 17.1. The monoisotopic (exact) mass is 602 g/mol. The third-order valence-electron chi connectivity index (χ3n) is 6.20. The average molecular weight is 603 g/mol. The molecule has 3 N–H and O–H groups in total. The molecule has 2 heterocycles. The fourth-order valence-corrected chi connectivity index (χ4v) is 4.14. The van der Waals surface area contributed by atoms with Crippen molar-refractivity contribution in [1.29, 1.82) is 0 Å². The molecule has 0 spiro atoms. The van der Waals surface area contributed by atoms with Gasteiger partial charge in [-0.1, -0.05) is 11.6 Å². The standard InChI is InChI=1S/C28H30ClF3N8O2/c1-33-27-36-16-35-24(38-27)19-6-5-11-34-26(19)42-18-8-9-21(29)22(15-18)37-25(41)20-14-17(28(30,31)32)7-10-23(20)40(4)13-12-39(2)3/h5-11,14-16,25,37,41H,12-13H2,1-4H3,(H,33,35,36,38). The number of halogens is 4.